The molecule has 4 aromatic rings. The molecular weight excluding hydrogens is 259 g/mol. The van der Waals surface area contributed by atoms with Gasteiger partial charge < -0.3 is 0 Å². The Morgan fingerprint density at radius 1 is 1.00 bits per heavy atom. The van der Waals surface area contributed by atoms with Crippen molar-refractivity contribution in [1.29, 1.82) is 0 Å². The molecule has 0 atom stereocenters. The smallest absolute Gasteiger partial charge is 0.195 e. The van der Waals surface area contributed by atoms with Crippen LogP contribution < -0.4 is 0 Å². The zero-order valence-corrected chi connectivity index (χ0v) is 10.7. The number of hydrogen-bond donors (Lipinski definition) is 0. The van der Waals surface area contributed by atoms with Gasteiger partial charge in [-0.2, -0.15) is 0 Å². The Morgan fingerprint density at radius 2 is 1.79 bits per heavy atom. The summed E-state index contributed by atoms with van der Waals surface area (Å²) in [7, 11) is 0. The van der Waals surface area contributed by atoms with Gasteiger partial charge in [-0.25, -0.2) is 9.37 Å². The maximum Gasteiger partial charge on any atom is 0.195 e. The molecule has 2 nitrogen and oxygen atoms in total. The third-order valence-corrected chi connectivity index (χ3v) is 4.17. The minimum Gasteiger partial charge on any atom is -0.290 e. The average Bonchev–Trinajstić information content (AvgIpc) is 2.97. The lowest BCUT2D eigenvalue weighted by atomic mass is 10.2. The monoisotopic (exact) mass is 268 g/mol. The quantitative estimate of drug-likeness (QED) is 0.501. The van der Waals surface area contributed by atoms with Crippen LogP contribution in [0, 0.1) is 5.82 Å². The summed E-state index contributed by atoms with van der Waals surface area (Å²) in [5.74, 6) is -0.212. The van der Waals surface area contributed by atoms with Crippen LogP contribution in [0.3, 0.4) is 0 Å². The molecule has 4 heteroatoms. The van der Waals surface area contributed by atoms with Gasteiger partial charge in [-0.05, 0) is 29.8 Å². The fraction of sp³-hybridized carbons (Fsp3) is 0. The van der Waals surface area contributed by atoms with E-state index < -0.39 is 0 Å². The first-order valence-corrected chi connectivity index (χ1v) is 6.75. The second-order valence-corrected chi connectivity index (χ2v) is 5.36. The highest BCUT2D eigenvalue weighted by atomic mass is 32.1. The van der Waals surface area contributed by atoms with Crippen molar-refractivity contribution in [3.05, 3.63) is 60.5 Å². The molecule has 4 rings (SSSR count). The number of thiazole rings is 1. The number of aromatic nitrogens is 2. The van der Waals surface area contributed by atoms with Gasteiger partial charge in [0.25, 0.3) is 0 Å². The molecule has 0 bridgehead atoms. The molecule has 0 aliphatic heterocycles. The second-order valence-electron chi connectivity index (χ2n) is 4.36. The minimum absolute atomic E-state index is 0.212. The molecule has 92 valence electrons. The number of para-hydroxylation sites is 2. The van der Waals surface area contributed by atoms with Crippen LogP contribution in [0.1, 0.15) is 0 Å². The van der Waals surface area contributed by atoms with E-state index in [1.54, 1.807) is 23.5 Å². The van der Waals surface area contributed by atoms with E-state index in [-0.39, 0.29) is 5.82 Å². The van der Waals surface area contributed by atoms with Crippen molar-refractivity contribution < 1.29 is 4.39 Å². The van der Waals surface area contributed by atoms with E-state index in [1.165, 1.54) is 12.1 Å². The van der Waals surface area contributed by atoms with Crippen molar-refractivity contribution in [2.24, 2.45) is 0 Å². The lowest BCUT2D eigenvalue weighted by Crippen LogP contribution is -1.77. The Morgan fingerprint density at radius 3 is 2.63 bits per heavy atom. The first-order valence-electron chi connectivity index (χ1n) is 5.94. The Labute approximate surface area is 112 Å². The highest BCUT2D eigenvalue weighted by molar-refractivity contribution is 7.20. The molecular formula is C15H9FN2S. The lowest BCUT2D eigenvalue weighted by Gasteiger charge is -1.95. The number of hydrogen-bond acceptors (Lipinski definition) is 2. The normalized spacial score (nSPS) is 11.4. The van der Waals surface area contributed by atoms with E-state index in [2.05, 4.69) is 21.6 Å². The van der Waals surface area contributed by atoms with Crippen LogP contribution in [0.4, 0.5) is 4.39 Å². The molecule has 2 aromatic heterocycles. The van der Waals surface area contributed by atoms with E-state index in [4.69, 9.17) is 0 Å². The number of halogens is 1. The van der Waals surface area contributed by atoms with Crippen LogP contribution >= 0.6 is 11.3 Å². The number of fused-ring (bicyclic) bond motifs is 3. The summed E-state index contributed by atoms with van der Waals surface area (Å²) in [5.41, 5.74) is 3.11. The summed E-state index contributed by atoms with van der Waals surface area (Å²) in [6, 6.07) is 14.6. The third-order valence-electron chi connectivity index (χ3n) is 3.14. The Balaban J connectivity index is 1.94. The van der Waals surface area contributed by atoms with E-state index in [0.29, 0.717) is 0 Å². The van der Waals surface area contributed by atoms with Gasteiger partial charge in [-0.15, -0.1) is 0 Å². The predicted octanol–water partition coefficient (Wildman–Crippen LogP) is 4.36. The topological polar surface area (TPSA) is 17.3 Å². The van der Waals surface area contributed by atoms with Crippen molar-refractivity contribution >= 4 is 27.3 Å². The van der Waals surface area contributed by atoms with Crippen molar-refractivity contribution in [2.75, 3.05) is 0 Å². The van der Waals surface area contributed by atoms with Gasteiger partial charge >= 0.3 is 0 Å². The van der Waals surface area contributed by atoms with Gasteiger partial charge in [0.05, 0.1) is 15.9 Å². The van der Waals surface area contributed by atoms with Gasteiger partial charge in [-0.1, -0.05) is 35.6 Å². The lowest BCUT2D eigenvalue weighted by molar-refractivity contribution is 0.628. The average molecular weight is 268 g/mol. The van der Waals surface area contributed by atoms with Gasteiger partial charge in [0.1, 0.15) is 5.82 Å². The summed E-state index contributed by atoms with van der Waals surface area (Å²) in [6.07, 6.45) is 2.06. The third kappa shape index (κ3) is 1.64. The van der Waals surface area contributed by atoms with Gasteiger partial charge in [0.2, 0.25) is 0 Å². The van der Waals surface area contributed by atoms with Crippen LogP contribution in [-0.4, -0.2) is 9.38 Å². The summed E-state index contributed by atoms with van der Waals surface area (Å²) in [5, 5.41) is 0. The molecule has 0 aliphatic rings. The van der Waals surface area contributed by atoms with E-state index in [1.807, 2.05) is 18.2 Å². The van der Waals surface area contributed by atoms with Crippen molar-refractivity contribution in [2.45, 2.75) is 0 Å². The van der Waals surface area contributed by atoms with Gasteiger partial charge in [0.15, 0.2) is 4.96 Å². The standard InChI is InChI=1S/C15H9FN2S/c16-11-7-5-10(6-8-11)14-9-18-13-4-2-1-3-12(13)17-15(18)19-14/h1-9H. The predicted molar refractivity (Wildman–Crippen MR) is 76.0 cm³/mol. The zero-order chi connectivity index (χ0) is 12.8. The number of imidazole rings is 1. The molecule has 0 radical (unpaired) electrons. The molecule has 19 heavy (non-hydrogen) atoms. The molecule has 2 aromatic carbocycles. The summed E-state index contributed by atoms with van der Waals surface area (Å²) in [6.45, 7) is 0. The van der Waals surface area contributed by atoms with Crippen LogP contribution in [-0.2, 0) is 0 Å². The van der Waals surface area contributed by atoms with E-state index >= 15 is 0 Å². The number of rotatable bonds is 1. The van der Waals surface area contributed by atoms with Crippen molar-refractivity contribution in [3.63, 3.8) is 0 Å². The molecule has 0 fully saturated rings. The summed E-state index contributed by atoms with van der Waals surface area (Å²) in [4.78, 5) is 6.64. The molecule has 0 saturated heterocycles. The molecule has 2 heterocycles. The van der Waals surface area contributed by atoms with Gasteiger partial charge in [-0.3, -0.25) is 4.40 Å². The van der Waals surface area contributed by atoms with E-state index in [9.17, 15) is 4.39 Å². The highest BCUT2D eigenvalue weighted by Crippen LogP contribution is 2.30. The molecule has 0 unspecified atom stereocenters. The van der Waals surface area contributed by atoms with Crippen LogP contribution in [0.25, 0.3) is 26.4 Å². The molecule has 0 spiro atoms. The molecule has 0 N–H and O–H groups in total. The number of nitrogens with zero attached hydrogens (tertiary/aromatic N) is 2. The maximum absolute atomic E-state index is 12.9. The fourth-order valence-corrected chi connectivity index (χ4v) is 3.21. The molecule has 0 aliphatic carbocycles. The fourth-order valence-electron chi connectivity index (χ4n) is 2.21. The van der Waals surface area contributed by atoms with Gasteiger partial charge in [0, 0.05) is 6.20 Å². The highest BCUT2D eigenvalue weighted by Gasteiger charge is 2.09. The molecule has 0 saturated carbocycles. The Kier molecular flexibility index (Phi) is 2.19. The molecule has 0 amide bonds. The van der Waals surface area contributed by atoms with Crippen LogP contribution in [0.15, 0.2) is 54.7 Å². The zero-order valence-electron chi connectivity index (χ0n) is 9.88. The number of benzene rings is 2. The van der Waals surface area contributed by atoms with Crippen LogP contribution in [0.2, 0.25) is 0 Å². The van der Waals surface area contributed by atoms with Crippen molar-refractivity contribution in [1.82, 2.24) is 9.38 Å². The Hall–Kier alpha value is -2.20. The van der Waals surface area contributed by atoms with Crippen molar-refractivity contribution in [3.8, 4) is 10.4 Å². The maximum atomic E-state index is 12.9. The van der Waals surface area contributed by atoms with E-state index in [0.717, 1.165) is 26.4 Å². The summed E-state index contributed by atoms with van der Waals surface area (Å²) >= 11 is 1.61. The SMILES string of the molecule is Fc1ccc(-c2cn3c(nc4ccccc43)s2)cc1. The summed E-state index contributed by atoms with van der Waals surface area (Å²) < 4.78 is 15.0. The first kappa shape index (κ1) is 10.7. The second kappa shape index (κ2) is 3.90. The largest absolute Gasteiger partial charge is 0.290 e. The minimum atomic E-state index is -0.212. The Bertz CT molecular complexity index is 874. The first-order chi connectivity index (χ1) is 9.31. The van der Waals surface area contributed by atoms with Crippen LogP contribution in [0.5, 0.6) is 0 Å².